The Morgan fingerprint density at radius 1 is 1.15 bits per heavy atom. The van der Waals surface area contributed by atoms with E-state index in [0.717, 1.165) is 0 Å². The molecule has 0 fully saturated rings. The number of hydrogen-bond donors (Lipinski definition) is 1. The van der Waals surface area contributed by atoms with Gasteiger partial charge in [0.1, 0.15) is 12.4 Å². The Bertz CT molecular complexity index is 804. The number of para-hydroxylation sites is 2. The number of carbonyl (C=O) groups is 2. The fourth-order valence-electron chi connectivity index (χ4n) is 2.48. The molecule has 0 saturated heterocycles. The van der Waals surface area contributed by atoms with Crippen LogP contribution in [0.15, 0.2) is 48.5 Å². The molecular formula is C20H21NO6. The average Bonchev–Trinajstić information content (AvgIpc) is 2.69. The molecule has 27 heavy (non-hydrogen) atoms. The number of amides is 1. The molecule has 0 spiro atoms. The van der Waals surface area contributed by atoms with E-state index in [9.17, 15) is 9.59 Å². The number of nitrogens with one attached hydrogen (secondary N) is 1. The number of esters is 1. The second kappa shape index (κ2) is 8.44. The number of benzene rings is 2. The first-order valence-corrected chi connectivity index (χ1v) is 8.69. The molecular weight excluding hydrogens is 350 g/mol. The molecule has 0 aromatic heterocycles. The molecule has 0 bridgehead atoms. The van der Waals surface area contributed by atoms with Gasteiger partial charge in [-0.25, -0.2) is 4.79 Å². The zero-order chi connectivity index (χ0) is 19.2. The van der Waals surface area contributed by atoms with Gasteiger partial charge in [0.25, 0.3) is 5.91 Å². The molecule has 0 unspecified atom stereocenters. The molecule has 2 atom stereocenters. The predicted molar refractivity (Wildman–Crippen MR) is 98.1 cm³/mol. The summed E-state index contributed by atoms with van der Waals surface area (Å²) >= 11 is 0. The Hall–Kier alpha value is -3.22. The molecule has 1 N–H and O–H groups in total. The Kier molecular flexibility index (Phi) is 5.80. The lowest BCUT2D eigenvalue weighted by Crippen LogP contribution is -2.41. The lowest BCUT2D eigenvalue weighted by Gasteiger charge is -2.25. The number of carbonyl (C=O) groups excluding carboxylic acids is 2. The number of ether oxygens (including phenoxy) is 4. The molecule has 0 radical (unpaired) electrons. The van der Waals surface area contributed by atoms with E-state index in [1.165, 1.54) is 6.92 Å². The van der Waals surface area contributed by atoms with Crippen LogP contribution in [0.3, 0.4) is 0 Å². The van der Waals surface area contributed by atoms with E-state index in [1.54, 1.807) is 42.5 Å². The van der Waals surface area contributed by atoms with Gasteiger partial charge in [0.15, 0.2) is 17.6 Å². The molecule has 0 saturated carbocycles. The summed E-state index contributed by atoms with van der Waals surface area (Å²) in [6.07, 6.45) is -1.90. The highest BCUT2D eigenvalue weighted by atomic mass is 16.6. The Morgan fingerprint density at radius 2 is 1.85 bits per heavy atom. The smallest absolute Gasteiger partial charge is 0.351 e. The van der Waals surface area contributed by atoms with Gasteiger partial charge >= 0.3 is 5.97 Å². The molecule has 1 aliphatic heterocycles. The molecule has 2 aromatic carbocycles. The van der Waals surface area contributed by atoms with Crippen molar-refractivity contribution in [2.75, 3.05) is 18.5 Å². The fourth-order valence-corrected chi connectivity index (χ4v) is 2.48. The number of fused-ring (bicyclic) bond motifs is 1. The van der Waals surface area contributed by atoms with Crippen molar-refractivity contribution in [3.8, 4) is 17.2 Å². The van der Waals surface area contributed by atoms with Crippen molar-refractivity contribution in [3.63, 3.8) is 0 Å². The Labute approximate surface area is 157 Å². The van der Waals surface area contributed by atoms with Gasteiger partial charge in [-0.1, -0.05) is 12.1 Å². The summed E-state index contributed by atoms with van der Waals surface area (Å²) in [5, 5.41) is 2.69. The molecule has 3 rings (SSSR count). The van der Waals surface area contributed by atoms with Crippen LogP contribution >= 0.6 is 0 Å². The van der Waals surface area contributed by atoms with E-state index >= 15 is 0 Å². The minimum absolute atomic E-state index is 0.0308. The summed E-state index contributed by atoms with van der Waals surface area (Å²) in [7, 11) is 0. The summed E-state index contributed by atoms with van der Waals surface area (Å²) in [6, 6.07) is 14.0. The SMILES string of the molecule is CCOc1ccc(NC(=O)[C@H](C)OC(=O)[C@H]2COc3ccccc3O2)cc1. The molecule has 7 nitrogen and oxygen atoms in total. The summed E-state index contributed by atoms with van der Waals surface area (Å²) in [6.45, 7) is 3.99. The van der Waals surface area contributed by atoms with Crippen LogP contribution in [0, 0.1) is 0 Å². The van der Waals surface area contributed by atoms with Crippen molar-refractivity contribution < 1.29 is 28.5 Å². The van der Waals surface area contributed by atoms with Crippen LogP contribution in [0.2, 0.25) is 0 Å². The van der Waals surface area contributed by atoms with E-state index in [1.807, 2.05) is 13.0 Å². The monoisotopic (exact) mass is 371 g/mol. The number of rotatable bonds is 6. The van der Waals surface area contributed by atoms with Crippen molar-refractivity contribution in [3.05, 3.63) is 48.5 Å². The van der Waals surface area contributed by atoms with Gasteiger partial charge in [0, 0.05) is 5.69 Å². The topological polar surface area (TPSA) is 83.1 Å². The third-order valence-electron chi connectivity index (χ3n) is 3.87. The average molecular weight is 371 g/mol. The maximum atomic E-state index is 12.3. The van der Waals surface area contributed by atoms with Crippen LogP contribution in [0.4, 0.5) is 5.69 Å². The highest BCUT2D eigenvalue weighted by Crippen LogP contribution is 2.31. The van der Waals surface area contributed by atoms with Crippen LogP contribution in [0.1, 0.15) is 13.8 Å². The van der Waals surface area contributed by atoms with Gasteiger partial charge in [-0.15, -0.1) is 0 Å². The quantitative estimate of drug-likeness (QED) is 0.786. The van der Waals surface area contributed by atoms with Crippen molar-refractivity contribution in [1.29, 1.82) is 0 Å². The predicted octanol–water partition coefficient (Wildman–Crippen LogP) is 2.80. The zero-order valence-corrected chi connectivity index (χ0v) is 15.1. The maximum absolute atomic E-state index is 12.3. The molecule has 1 amide bonds. The largest absolute Gasteiger partial charge is 0.494 e. The summed E-state index contributed by atoms with van der Waals surface area (Å²) in [5.41, 5.74) is 0.581. The van der Waals surface area contributed by atoms with E-state index in [-0.39, 0.29) is 6.61 Å². The lowest BCUT2D eigenvalue weighted by molar-refractivity contribution is -0.162. The second-order valence-corrected chi connectivity index (χ2v) is 5.89. The van der Waals surface area contributed by atoms with E-state index < -0.39 is 24.1 Å². The van der Waals surface area contributed by atoms with E-state index in [4.69, 9.17) is 18.9 Å². The first-order valence-electron chi connectivity index (χ1n) is 8.69. The zero-order valence-electron chi connectivity index (χ0n) is 15.1. The van der Waals surface area contributed by atoms with Crippen LogP contribution in [-0.4, -0.2) is 37.3 Å². The van der Waals surface area contributed by atoms with Crippen LogP contribution in [-0.2, 0) is 14.3 Å². The third-order valence-corrected chi connectivity index (χ3v) is 3.87. The molecule has 1 aliphatic rings. The molecule has 7 heteroatoms. The highest BCUT2D eigenvalue weighted by molar-refractivity contribution is 5.95. The van der Waals surface area contributed by atoms with Gasteiger partial charge in [-0.05, 0) is 50.2 Å². The molecule has 2 aromatic rings. The normalized spacial score (nSPS) is 16.1. The second-order valence-electron chi connectivity index (χ2n) is 5.89. The van der Waals surface area contributed by atoms with Gasteiger partial charge in [-0.2, -0.15) is 0 Å². The van der Waals surface area contributed by atoms with Crippen LogP contribution in [0.25, 0.3) is 0 Å². The Morgan fingerprint density at radius 3 is 2.56 bits per heavy atom. The third kappa shape index (κ3) is 4.69. The van der Waals surface area contributed by atoms with Gasteiger partial charge < -0.3 is 24.3 Å². The van der Waals surface area contributed by atoms with Crippen molar-refractivity contribution in [2.45, 2.75) is 26.1 Å². The maximum Gasteiger partial charge on any atom is 0.351 e. The minimum Gasteiger partial charge on any atom is -0.494 e. The highest BCUT2D eigenvalue weighted by Gasteiger charge is 2.31. The van der Waals surface area contributed by atoms with Gasteiger partial charge in [0.2, 0.25) is 6.10 Å². The Balaban J connectivity index is 1.52. The summed E-state index contributed by atoms with van der Waals surface area (Å²) < 4.78 is 21.6. The lowest BCUT2D eigenvalue weighted by atomic mass is 10.2. The van der Waals surface area contributed by atoms with Crippen molar-refractivity contribution in [1.82, 2.24) is 0 Å². The van der Waals surface area contributed by atoms with Gasteiger partial charge in [-0.3, -0.25) is 4.79 Å². The van der Waals surface area contributed by atoms with Crippen LogP contribution in [0.5, 0.6) is 17.2 Å². The summed E-state index contributed by atoms with van der Waals surface area (Å²) in [4.78, 5) is 24.5. The minimum atomic E-state index is -0.982. The number of hydrogen-bond acceptors (Lipinski definition) is 6. The van der Waals surface area contributed by atoms with E-state index in [0.29, 0.717) is 29.5 Å². The van der Waals surface area contributed by atoms with Crippen molar-refractivity contribution >= 4 is 17.6 Å². The number of anilines is 1. The fraction of sp³-hybridized carbons (Fsp3) is 0.300. The van der Waals surface area contributed by atoms with E-state index in [2.05, 4.69) is 5.32 Å². The first kappa shape index (κ1) is 18.6. The van der Waals surface area contributed by atoms with Gasteiger partial charge in [0.05, 0.1) is 6.61 Å². The molecule has 1 heterocycles. The van der Waals surface area contributed by atoms with Crippen LogP contribution < -0.4 is 19.5 Å². The molecule has 0 aliphatic carbocycles. The molecule has 142 valence electrons. The summed E-state index contributed by atoms with van der Waals surface area (Å²) in [5.74, 6) is 0.660. The standard InChI is InChI=1S/C20H21NO6/c1-3-24-15-10-8-14(9-11-15)21-19(22)13(2)26-20(23)18-12-25-16-6-4-5-7-17(16)27-18/h4-11,13,18H,3,12H2,1-2H3,(H,21,22)/t13-,18+/m0/s1. The first-order chi connectivity index (χ1) is 13.1. The van der Waals surface area contributed by atoms with Crippen molar-refractivity contribution in [2.24, 2.45) is 0 Å².